The Labute approximate surface area is 85.7 Å². The number of halogens is 1. The zero-order valence-electron chi connectivity index (χ0n) is 7.67. The van der Waals surface area contributed by atoms with E-state index in [1.54, 1.807) is 6.07 Å². The van der Waals surface area contributed by atoms with Crippen LogP contribution in [0.5, 0.6) is 0 Å². The molecule has 0 unspecified atom stereocenters. The van der Waals surface area contributed by atoms with Crippen LogP contribution in [0.25, 0.3) is 10.9 Å². The average Bonchev–Trinajstić information content (AvgIpc) is 2.17. The maximum Gasteiger partial charge on any atom is 0.259 e. The highest BCUT2D eigenvalue weighted by Crippen LogP contribution is 2.14. The van der Waals surface area contributed by atoms with E-state index in [1.807, 2.05) is 19.1 Å². The monoisotopic (exact) mass is 208 g/mol. The summed E-state index contributed by atoms with van der Waals surface area (Å²) in [5.41, 5.74) is 1.55. The molecule has 1 N–H and O–H groups in total. The molecule has 1 aromatic carbocycles. The van der Waals surface area contributed by atoms with Gasteiger partial charge in [0.2, 0.25) is 5.28 Å². The fourth-order valence-corrected chi connectivity index (χ4v) is 1.65. The standard InChI is InChI=1S/C10H9ClN2O/c1-2-6-4-3-5-7-8(6)12-10(11)13-9(7)14/h3-5H,2H2,1H3,(H,12,13,14). The Morgan fingerprint density at radius 3 is 3.00 bits per heavy atom. The van der Waals surface area contributed by atoms with E-state index in [9.17, 15) is 4.79 Å². The van der Waals surface area contributed by atoms with Gasteiger partial charge in [-0.1, -0.05) is 19.1 Å². The van der Waals surface area contributed by atoms with Crippen molar-refractivity contribution in [3.05, 3.63) is 39.4 Å². The van der Waals surface area contributed by atoms with Crippen molar-refractivity contribution in [3.63, 3.8) is 0 Å². The lowest BCUT2D eigenvalue weighted by Gasteiger charge is -2.02. The smallest absolute Gasteiger partial charge is 0.259 e. The van der Waals surface area contributed by atoms with Gasteiger partial charge in [-0.3, -0.25) is 9.78 Å². The lowest BCUT2D eigenvalue weighted by atomic mass is 10.1. The minimum Gasteiger partial charge on any atom is -0.297 e. The second-order valence-corrected chi connectivity index (χ2v) is 3.38. The Morgan fingerprint density at radius 1 is 1.50 bits per heavy atom. The minimum absolute atomic E-state index is 0.142. The van der Waals surface area contributed by atoms with E-state index in [1.165, 1.54) is 0 Å². The van der Waals surface area contributed by atoms with Crippen LogP contribution in [0.1, 0.15) is 12.5 Å². The predicted octanol–water partition coefficient (Wildman–Crippen LogP) is 2.14. The normalized spacial score (nSPS) is 10.7. The van der Waals surface area contributed by atoms with Crippen LogP contribution in [0, 0.1) is 0 Å². The summed E-state index contributed by atoms with van der Waals surface area (Å²) in [7, 11) is 0. The maximum atomic E-state index is 11.5. The van der Waals surface area contributed by atoms with Crippen molar-refractivity contribution in [2.45, 2.75) is 13.3 Å². The summed E-state index contributed by atoms with van der Waals surface area (Å²) < 4.78 is 0. The summed E-state index contributed by atoms with van der Waals surface area (Å²) in [6, 6.07) is 5.55. The molecular weight excluding hydrogens is 200 g/mol. The van der Waals surface area contributed by atoms with Crippen LogP contribution >= 0.6 is 11.6 Å². The first-order chi connectivity index (χ1) is 6.72. The molecular formula is C10H9ClN2O. The van der Waals surface area contributed by atoms with Gasteiger partial charge in [0.1, 0.15) is 0 Å². The first-order valence-electron chi connectivity index (χ1n) is 4.39. The lowest BCUT2D eigenvalue weighted by molar-refractivity contribution is 1.11. The van der Waals surface area contributed by atoms with E-state index in [0.29, 0.717) is 10.9 Å². The number of H-pyrrole nitrogens is 1. The van der Waals surface area contributed by atoms with Gasteiger partial charge in [0, 0.05) is 0 Å². The molecule has 2 aromatic rings. The molecule has 1 aromatic heterocycles. The fraction of sp³-hybridized carbons (Fsp3) is 0.200. The van der Waals surface area contributed by atoms with Crippen molar-refractivity contribution in [2.75, 3.05) is 0 Å². The molecule has 0 saturated heterocycles. The summed E-state index contributed by atoms with van der Waals surface area (Å²) in [6.07, 6.45) is 0.837. The number of rotatable bonds is 1. The van der Waals surface area contributed by atoms with Crippen LogP contribution in [-0.4, -0.2) is 9.97 Å². The van der Waals surface area contributed by atoms with E-state index in [-0.39, 0.29) is 10.8 Å². The zero-order valence-corrected chi connectivity index (χ0v) is 8.43. The third-order valence-electron chi connectivity index (χ3n) is 2.17. The van der Waals surface area contributed by atoms with Gasteiger partial charge in [0.05, 0.1) is 10.9 Å². The second-order valence-electron chi connectivity index (χ2n) is 3.02. The number of nitrogens with one attached hydrogen (secondary N) is 1. The number of aromatic amines is 1. The van der Waals surface area contributed by atoms with Gasteiger partial charge in [0.25, 0.3) is 5.56 Å². The van der Waals surface area contributed by atoms with Gasteiger partial charge < -0.3 is 0 Å². The molecule has 3 nitrogen and oxygen atoms in total. The number of hydrogen-bond acceptors (Lipinski definition) is 2. The Hall–Kier alpha value is -1.35. The largest absolute Gasteiger partial charge is 0.297 e. The molecule has 0 aliphatic rings. The summed E-state index contributed by atoms with van der Waals surface area (Å²) in [5.74, 6) is 0. The quantitative estimate of drug-likeness (QED) is 0.730. The fourth-order valence-electron chi connectivity index (χ4n) is 1.48. The van der Waals surface area contributed by atoms with Crippen LogP contribution in [0.2, 0.25) is 5.28 Å². The van der Waals surface area contributed by atoms with Gasteiger partial charge in [-0.25, -0.2) is 4.98 Å². The summed E-state index contributed by atoms with van der Waals surface area (Å²) in [6.45, 7) is 2.02. The van der Waals surface area contributed by atoms with Crippen LogP contribution in [0.15, 0.2) is 23.0 Å². The molecule has 14 heavy (non-hydrogen) atoms. The van der Waals surface area contributed by atoms with Crippen molar-refractivity contribution >= 4 is 22.5 Å². The maximum absolute atomic E-state index is 11.5. The summed E-state index contributed by atoms with van der Waals surface area (Å²) in [4.78, 5) is 18.1. The SMILES string of the molecule is CCc1cccc2c(=O)[nH]c(Cl)nc12. The second kappa shape index (κ2) is 3.42. The van der Waals surface area contributed by atoms with Crippen LogP contribution in [0.3, 0.4) is 0 Å². The van der Waals surface area contributed by atoms with Gasteiger partial charge in [0.15, 0.2) is 0 Å². The highest BCUT2D eigenvalue weighted by molar-refractivity contribution is 6.28. The first kappa shape index (κ1) is 9.21. The number of aromatic nitrogens is 2. The van der Waals surface area contributed by atoms with Gasteiger partial charge in [-0.2, -0.15) is 0 Å². The van der Waals surface area contributed by atoms with Crippen LogP contribution in [0.4, 0.5) is 0 Å². The molecule has 0 fully saturated rings. The Morgan fingerprint density at radius 2 is 2.29 bits per heavy atom. The van der Waals surface area contributed by atoms with Gasteiger partial charge >= 0.3 is 0 Å². The molecule has 0 saturated carbocycles. The number of nitrogens with zero attached hydrogens (tertiary/aromatic N) is 1. The number of hydrogen-bond donors (Lipinski definition) is 1. The molecule has 72 valence electrons. The van der Waals surface area contributed by atoms with E-state index in [2.05, 4.69) is 9.97 Å². The number of fused-ring (bicyclic) bond motifs is 1. The molecule has 0 amide bonds. The first-order valence-corrected chi connectivity index (χ1v) is 4.77. The number of benzene rings is 1. The highest BCUT2D eigenvalue weighted by atomic mass is 35.5. The Bertz CT molecular complexity index is 533. The Balaban J connectivity index is 2.94. The zero-order chi connectivity index (χ0) is 10.1. The summed E-state index contributed by atoms with van der Waals surface area (Å²) >= 11 is 5.69. The third kappa shape index (κ3) is 1.40. The number of para-hydroxylation sites is 1. The van der Waals surface area contributed by atoms with E-state index >= 15 is 0 Å². The van der Waals surface area contributed by atoms with Crippen LogP contribution in [-0.2, 0) is 6.42 Å². The van der Waals surface area contributed by atoms with E-state index in [4.69, 9.17) is 11.6 Å². The molecule has 0 radical (unpaired) electrons. The van der Waals surface area contributed by atoms with Gasteiger partial charge in [-0.15, -0.1) is 0 Å². The highest BCUT2D eigenvalue weighted by Gasteiger charge is 2.04. The lowest BCUT2D eigenvalue weighted by Crippen LogP contribution is -2.08. The van der Waals surface area contributed by atoms with Gasteiger partial charge in [-0.05, 0) is 29.7 Å². The molecule has 2 rings (SSSR count). The molecule has 0 aliphatic heterocycles. The topological polar surface area (TPSA) is 45.8 Å². The predicted molar refractivity (Wildman–Crippen MR) is 56.8 cm³/mol. The molecule has 0 bridgehead atoms. The van der Waals surface area contributed by atoms with Crippen molar-refractivity contribution in [3.8, 4) is 0 Å². The molecule has 0 aliphatic carbocycles. The molecule has 0 atom stereocenters. The van der Waals surface area contributed by atoms with Crippen molar-refractivity contribution < 1.29 is 0 Å². The molecule has 1 heterocycles. The van der Waals surface area contributed by atoms with E-state index < -0.39 is 0 Å². The van der Waals surface area contributed by atoms with Crippen LogP contribution < -0.4 is 5.56 Å². The Kier molecular flexibility index (Phi) is 2.25. The van der Waals surface area contributed by atoms with E-state index in [0.717, 1.165) is 12.0 Å². The number of aryl methyl sites for hydroxylation is 1. The molecule has 0 spiro atoms. The third-order valence-corrected chi connectivity index (χ3v) is 2.35. The van der Waals surface area contributed by atoms with Crippen molar-refractivity contribution in [1.82, 2.24) is 9.97 Å². The van der Waals surface area contributed by atoms with Crippen molar-refractivity contribution in [2.24, 2.45) is 0 Å². The van der Waals surface area contributed by atoms with Crippen molar-refractivity contribution in [1.29, 1.82) is 0 Å². The summed E-state index contributed by atoms with van der Waals surface area (Å²) in [5, 5.41) is 0.733. The molecule has 4 heteroatoms. The minimum atomic E-state index is -0.185. The average molecular weight is 209 g/mol.